The van der Waals surface area contributed by atoms with Gasteiger partial charge in [-0.1, -0.05) is 97.9 Å². The summed E-state index contributed by atoms with van der Waals surface area (Å²) in [4.78, 5) is 2.18. The zero-order chi connectivity index (χ0) is 26.7. The van der Waals surface area contributed by atoms with Crippen LogP contribution in [0.3, 0.4) is 0 Å². The Bertz CT molecular complexity index is 1170. The molecule has 4 atom stereocenters. The number of rotatable bonds is 6. The Morgan fingerprint density at radius 1 is 0.947 bits per heavy atom. The first-order chi connectivity index (χ1) is 18.7. The second kappa shape index (κ2) is 14.1. The molecule has 0 radical (unpaired) electrons. The number of piperidine rings is 1. The zero-order valence-corrected chi connectivity index (χ0v) is 22.8. The van der Waals surface area contributed by atoms with Crippen LogP contribution in [0.2, 0.25) is 0 Å². The maximum Gasteiger partial charge on any atom is 0.0961 e. The van der Waals surface area contributed by atoms with Crippen molar-refractivity contribution in [3.63, 3.8) is 0 Å². The van der Waals surface area contributed by atoms with Crippen LogP contribution >= 0.6 is 0 Å². The summed E-state index contributed by atoms with van der Waals surface area (Å²) < 4.78 is 0. The molecule has 0 aliphatic carbocycles. The standard InChI is InChI=1S/C18H21NO.C16H22N2/c20-14-19-12-11-17(15-7-3-1-4-8-15)13-18(19)16-9-5-2-6-10-16;1-3-13(8-9-17)14-6-4-5-7-15(14)16-11-18-10-12(16)2/h1-10,17-18,20H,11-14H2;3-9,12,16,18H,10-11,17H2,1-2H3/b;9-8-,13-3+/t;12-,16?/m.1/s1. The number of hydrogen-bond donors (Lipinski definition) is 3. The van der Waals surface area contributed by atoms with E-state index in [4.69, 9.17) is 5.73 Å². The van der Waals surface area contributed by atoms with Crippen molar-refractivity contribution in [1.82, 2.24) is 10.2 Å². The summed E-state index contributed by atoms with van der Waals surface area (Å²) in [5.74, 6) is 1.87. The van der Waals surface area contributed by atoms with Crippen molar-refractivity contribution < 1.29 is 5.11 Å². The number of nitrogens with one attached hydrogen (secondary N) is 1. The van der Waals surface area contributed by atoms with Gasteiger partial charge in [0.15, 0.2) is 0 Å². The Morgan fingerprint density at radius 3 is 2.21 bits per heavy atom. The lowest BCUT2D eigenvalue weighted by atomic mass is 9.83. The van der Waals surface area contributed by atoms with Gasteiger partial charge in [0.1, 0.15) is 0 Å². The van der Waals surface area contributed by atoms with Crippen LogP contribution in [0.4, 0.5) is 0 Å². The zero-order valence-electron chi connectivity index (χ0n) is 22.8. The van der Waals surface area contributed by atoms with E-state index in [0.29, 0.717) is 23.8 Å². The summed E-state index contributed by atoms with van der Waals surface area (Å²) in [6, 6.07) is 30.3. The van der Waals surface area contributed by atoms with E-state index in [0.717, 1.165) is 32.5 Å². The van der Waals surface area contributed by atoms with Crippen LogP contribution in [-0.2, 0) is 0 Å². The van der Waals surface area contributed by atoms with E-state index in [1.165, 1.54) is 27.8 Å². The second-order valence-corrected chi connectivity index (χ2v) is 10.4. The Morgan fingerprint density at radius 2 is 1.61 bits per heavy atom. The van der Waals surface area contributed by atoms with Crippen LogP contribution in [0.15, 0.2) is 103 Å². The van der Waals surface area contributed by atoms with Crippen LogP contribution in [0.1, 0.15) is 66.8 Å². The van der Waals surface area contributed by atoms with Gasteiger partial charge < -0.3 is 16.2 Å². The molecule has 3 unspecified atom stereocenters. The second-order valence-electron chi connectivity index (χ2n) is 10.4. The molecule has 200 valence electrons. The molecule has 2 saturated heterocycles. The first kappa shape index (κ1) is 27.8. The molecule has 4 heteroatoms. The Labute approximate surface area is 228 Å². The normalized spacial score (nSPS) is 24.2. The minimum absolute atomic E-state index is 0.140. The summed E-state index contributed by atoms with van der Waals surface area (Å²) in [5, 5.41) is 13.1. The van der Waals surface area contributed by atoms with Gasteiger partial charge in [0.25, 0.3) is 0 Å². The average Bonchev–Trinajstić information content (AvgIpc) is 3.42. The van der Waals surface area contributed by atoms with Crippen LogP contribution in [0.5, 0.6) is 0 Å². The molecule has 4 N–H and O–H groups in total. The number of hydrogen-bond acceptors (Lipinski definition) is 4. The number of aliphatic hydroxyl groups is 1. The molecular formula is C34H43N3O. The Kier molecular flexibility index (Phi) is 10.3. The SMILES string of the molecule is C/C=C(\C=C/N)c1ccccc1C1CNC[C@H]1C.OCN1CCC(c2ccccc2)CC1c1ccccc1. The highest BCUT2D eigenvalue weighted by molar-refractivity contribution is 5.76. The Hall–Kier alpha value is -3.18. The van der Waals surface area contributed by atoms with Crippen molar-refractivity contribution in [1.29, 1.82) is 0 Å². The first-order valence-corrected chi connectivity index (χ1v) is 14.0. The van der Waals surface area contributed by atoms with Gasteiger partial charge in [0.2, 0.25) is 0 Å². The number of aliphatic hydroxyl groups excluding tert-OH is 1. The molecule has 3 aromatic rings. The summed E-state index contributed by atoms with van der Waals surface area (Å²) in [6.45, 7) is 7.65. The minimum Gasteiger partial charge on any atom is -0.405 e. The van der Waals surface area contributed by atoms with Gasteiger partial charge in [-0.05, 0) is 78.2 Å². The van der Waals surface area contributed by atoms with Crippen LogP contribution in [-0.4, -0.2) is 36.4 Å². The third kappa shape index (κ3) is 6.82. The van der Waals surface area contributed by atoms with Gasteiger partial charge in [-0.15, -0.1) is 0 Å². The molecular weight excluding hydrogens is 466 g/mol. The predicted octanol–water partition coefficient (Wildman–Crippen LogP) is 6.44. The predicted molar refractivity (Wildman–Crippen MR) is 160 cm³/mol. The molecule has 3 aromatic carbocycles. The molecule has 2 heterocycles. The lowest BCUT2D eigenvalue weighted by molar-refractivity contribution is 0.0370. The van der Waals surface area contributed by atoms with Gasteiger partial charge in [-0.3, -0.25) is 4.90 Å². The molecule has 2 aliphatic rings. The van der Waals surface area contributed by atoms with Crippen molar-refractivity contribution in [2.24, 2.45) is 11.7 Å². The summed E-state index contributed by atoms with van der Waals surface area (Å²) in [7, 11) is 0. The van der Waals surface area contributed by atoms with Gasteiger partial charge >= 0.3 is 0 Å². The molecule has 0 bridgehead atoms. The number of benzene rings is 3. The third-order valence-corrected chi connectivity index (χ3v) is 8.13. The van der Waals surface area contributed by atoms with E-state index in [1.54, 1.807) is 6.20 Å². The van der Waals surface area contributed by atoms with Crippen LogP contribution in [0, 0.1) is 5.92 Å². The third-order valence-electron chi connectivity index (χ3n) is 8.13. The summed E-state index contributed by atoms with van der Waals surface area (Å²) >= 11 is 0. The molecule has 0 amide bonds. The van der Waals surface area contributed by atoms with Gasteiger partial charge in [0, 0.05) is 25.0 Å². The largest absolute Gasteiger partial charge is 0.405 e. The molecule has 0 saturated carbocycles. The van der Waals surface area contributed by atoms with E-state index >= 15 is 0 Å². The molecule has 2 aliphatic heterocycles. The topological polar surface area (TPSA) is 61.5 Å². The molecule has 0 aromatic heterocycles. The van der Waals surface area contributed by atoms with Gasteiger partial charge in [-0.2, -0.15) is 0 Å². The fourth-order valence-electron chi connectivity index (χ4n) is 5.99. The lowest BCUT2D eigenvalue weighted by Gasteiger charge is -2.38. The van der Waals surface area contributed by atoms with Crippen molar-refractivity contribution in [2.45, 2.75) is 44.6 Å². The van der Waals surface area contributed by atoms with E-state index in [1.807, 2.05) is 12.1 Å². The van der Waals surface area contributed by atoms with Crippen molar-refractivity contribution in [3.8, 4) is 0 Å². The molecule has 38 heavy (non-hydrogen) atoms. The van der Waals surface area contributed by atoms with E-state index in [2.05, 4.69) is 109 Å². The lowest BCUT2D eigenvalue weighted by Crippen LogP contribution is -2.36. The minimum atomic E-state index is 0.140. The molecule has 0 spiro atoms. The quantitative estimate of drug-likeness (QED) is 0.335. The van der Waals surface area contributed by atoms with Crippen LogP contribution in [0.25, 0.3) is 5.57 Å². The maximum absolute atomic E-state index is 9.61. The van der Waals surface area contributed by atoms with Crippen molar-refractivity contribution in [2.75, 3.05) is 26.4 Å². The highest BCUT2D eigenvalue weighted by atomic mass is 16.3. The van der Waals surface area contributed by atoms with E-state index in [-0.39, 0.29) is 6.73 Å². The number of allylic oxidation sites excluding steroid dienone is 3. The van der Waals surface area contributed by atoms with Crippen molar-refractivity contribution in [3.05, 3.63) is 126 Å². The monoisotopic (exact) mass is 509 g/mol. The number of nitrogens with two attached hydrogens (primary N) is 1. The summed E-state index contributed by atoms with van der Waals surface area (Å²) in [6.07, 6.45) is 7.91. The molecule has 4 nitrogen and oxygen atoms in total. The van der Waals surface area contributed by atoms with Gasteiger partial charge in [-0.25, -0.2) is 0 Å². The fraction of sp³-hybridized carbons (Fsp3) is 0.353. The number of likely N-dealkylation sites (tertiary alicyclic amines) is 1. The molecule has 2 fully saturated rings. The Balaban J connectivity index is 0.000000178. The molecule has 5 rings (SSSR count). The maximum atomic E-state index is 9.61. The highest BCUT2D eigenvalue weighted by Crippen LogP contribution is 2.39. The van der Waals surface area contributed by atoms with Crippen LogP contribution < -0.4 is 11.1 Å². The average molecular weight is 510 g/mol. The highest BCUT2D eigenvalue weighted by Gasteiger charge is 2.30. The van der Waals surface area contributed by atoms with E-state index in [9.17, 15) is 5.11 Å². The number of nitrogens with zero attached hydrogens (tertiary/aromatic N) is 1. The first-order valence-electron chi connectivity index (χ1n) is 14.0. The summed E-state index contributed by atoms with van der Waals surface area (Å²) in [5.41, 5.74) is 12.2. The van der Waals surface area contributed by atoms with Crippen molar-refractivity contribution >= 4 is 5.57 Å². The smallest absolute Gasteiger partial charge is 0.0961 e. The van der Waals surface area contributed by atoms with E-state index < -0.39 is 0 Å². The fourth-order valence-corrected chi connectivity index (χ4v) is 5.99. The van der Waals surface area contributed by atoms with Gasteiger partial charge in [0.05, 0.1) is 6.73 Å².